The van der Waals surface area contributed by atoms with Gasteiger partial charge in [0, 0.05) is 69.2 Å². The van der Waals surface area contributed by atoms with Gasteiger partial charge in [-0.1, -0.05) is 30.3 Å². The second kappa shape index (κ2) is 12.3. The van der Waals surface area contributed by atoms with Gasteiger partial charge in [-0.15, -0.1) is 0 Å². The fourth-order valence-corrected chi connectivity index (χ4v) is 5.95. The number of hydrogen-bond donors (Lipinski definition) is 2. The molecule has 0 unspecified atom stereocenters. The first-order valence-electron chi connectivity index (χ1n) is 15.0. The summed E-state index contributed by atoms with van der Waals surface area (Å²) in [4.78, 5) is 27.8. The van der Waals surface area contributed by atoms with Crippen molar-refractivity contribution in [1.29, 1.82) is 0 Å². The van der Waals surface area contributed by atoms with Gasteiger partial charge in [0.2, 0.25) is 0 Å². The average molecular weight is 597 g/mol. The van der Waals surface area contributed by atoms with E-state index in [2.05, 4.69) is 49.2 Å². The number of anilines is 1. The summed E-state index contributed by atoms with van der Waals surface area (Å²) in [6, 6.07) is 15.7. The number of aliphatic hydroxyl groups is 1. The molecule has 0 bridgehead atoms. The van der Waals surface area contributed by atoms with E-state index in [1.807, 2.05) is 43.6 Å². The Morgan fingerprint density at radius 1 is 1.07 bits per heavy atom. The second-order valence-electron chi connectivity index (χ2n) is 11.4. The molecule has 2 saturated heterocycles. The smallest absolute Gasteiger partial charge is 0.257 e. The summed E-state index contributed by atoms with van der Waals surface area (Å²) in [5.74, 6) is 0.431. The van der Waals surface area contributed by atoms with Gasteiger partial charge in [-0.05, 0) is 17.7 Å². The van der Waals surface area contributed by atoms with Crippen LogP contribution in [0.25, 0.3) is 27.9 Å². The molecule has 1 amide bonds. The van der Waals surface area contributed by atoms with Gasteiger partial charge in [0.25, 0.3) is 5.91 Å². The van der Waals surface area contributed by atoms with Gasteiger partial charge in [-0.25, -0.2) is 9.97 Å². The van der Waals surface area contributed by atoms with Crippen LogP contribution in [0.3, 0.4) is 0 Å². The SMILES string of the molecule is CN(Cc1ccccc1)c1cc(-c2cn(CCN3CCOCC3)c3ncccc23)nc2c(C(=O)N[C@H]3COC[C@H]3O)cnn12. The molecule has 7 rings (SSSR count). The van der Waals surface area contributed by atoms with E-state index < -0.39 is 12.1 Å². The summed E-state index contributed by atoms with van der Waals surface area (Å²) >= 11 is 0. The topological polar surface area (TPSA) is 122 Å². The largest absolute Gasteiger partial charge is 0.388 e. The molecule has 4 aromatic heterocycles. The Morgan fingerprint density at radius 3 is 2.70 bits per heavy atom. The number of benzene rings is 1. The van der Waals surface area contributed by atoms with Crippen LogP contribution >= 0.6 is 0 Å². The van der Waals surface area contributed by atoms with Crippen LogP contribution < -0.4 is 10.2 Å². The summed E-state index contributed by atoms with van der Waals surface area (Å²) in [5, 5.41) is 18.7. The number of morpholine rings is 1. The molecule has 0 aliphatic carbocycles. The summed E-state index contributed by atoms with van der Waals surface area (Å²) in [5.41, 5.74) is 4.44. The molecule has 0 radical (unpaired) electrons. The van der Waals surface area contributed by atoms with Crippen molar-refractivity contribution >= 4 is 28.4 Å². The van der Waals surface area contributed by atoms with E-state index in [0.29, 0.717) is 23.4 Å². The molecule has 2 aliphatic heterocycles. The van der Waals surface area contributed by atoms with E-state index in [-0.39, 0.29) is 19.1 Å². The highest BCUT2D eigenvalue weighted by atomic mass is 16.5. The number of aromatic nitrogens is 5. The quantitative estimate of drug-likeness (QED) is 0.264. The van der Waals surface area contributed by atoms with Gasteiger partial charge < -0.3 is 29.4 Å². The molecule has 2 N–H and O–H groups in total. The lowest BCUT2D eigenvalue weighted by Gasteiger charge is -2.26. The molecular formula is C32H36N8O4. The molecule has 2 aliphatic rings. The zero-order chi connectivity index (χ0) is 30.0. The Bertz CT molecular complexity index is 1760. The lowest BCUT2D eigenvalue weighted by atomic mass is 10.1. The second-order valence-corrected chi connectivity index (χ2v) is 11.4. The fraction of sp³-hybridized carbons (Fsp3) is 0.375. The molecule has 6 heterocycles. The lowest BCUT2D eigenvalue weighted by molar-refractivity contribution is 0.0365. The Labute approximate surface area is 254 Å². The van der Waals surface area contributed by atoms with Gasteiger partial charge in [0.05, 0.1) is 50.5 Å². The molecule has 228 valence electrons. The van der Waals surface area contributed by atoms with E-state index in [1.165, 1.54) is 6.20 Å². The van der Waals surface area contributed by atoms with Crippen LogP contribution in [0.2, 0.25) is 0 Å². The van der Waals surface area contributed by atoms with Crippen molar-refractivity contribution in [2.45, 2.75) is 25.2 Å². The summed E-state index contributed by atoms with van der Waals surface area (Å²) in [7, 11) is 2.01. The van der Waals surface area contributed by atoms with Crippen molar-refractivity contribution in [3.05, 3.63) is 78.2 Å². The number of fused-ring (bicyclic) bond motifs is 2. The molecule has 5 aromatic rings. The number of rotatable bonds is 9. The first kappa shape index (κ1) is 28.4. The van der Waals surface area contributed by atoms with Crippen molar-refractivity contribution in [3.63, 3.8) is 0 Å². The maximum atomic E-state index is 13.5. The molecule has 1 aromatic carbocycles. The van der Waals surface area contributed by atoms with Crippen LogP contribution in [0.5, 0.6) is 0 Å². The minimum atomic E-state index is -0.757. The Balaban J connectivity index is 1.30. The van der Waals surface area contributed by atoms with Crippen LogP contribution in [0.1, 0.15) is 15.9 Å². The molecule has 0 saturated carbocycles. The van der Waals surface area contributed by atoms with Crippen molar-refractivity contribution in [2.75, 3.05) is 58.0 Å². The number of ether oxygens (including phenoxy) is 2. The van der Waals surface area contributed by atoms with E-state index in [4.69, 9.17) is 19.4 Å². The summed E-state index contributed by atoms with van der Waals surface area (Å²) < 4.78 is 14.7. The zero-order valence-electron chi connectivity index (χ0n) is 24.7. The predicted molar refractivity (Wildman–Crippen MR) is 166 cm³/mol. The van der Waals surface area contributed by atoms with Crippen molar-refractivity contribution in [3.8, 4) is 11.3 Å². The molecule has 2 atom stereocenters. The van der Waals surface area contributed by atoms with Crippen molar-refractivity contribution in [2.24, 2.45) is 0 Å². The number of amides is 1. The van der Waals surface area contributed by atoms with Crippen LogP contribution in [-0.4, -0.2) is 105 Å². The first-order chi connectivity index (χ1) is 21.5. The van der Waals surface area contributed by atoms with E-state index in [9.17, 15) is 9.90 Å². The number of nitrogens with one attached hydrogen (secondary N) is 1. The van der Waals surface area contributed by atoms with E-state index in [0.717, 1.165) is 67.4 Å². The van der Waals surface area contributed by atoms with Crippen molar-refractivity contribution < 1.29 is 19.4 Å². The minimum Gasteiger partial charge on any atom is -0.388 e. The zero-order valence-corrected chi connectivity index (χ0v) is 24.7. The number of hydrogen-bond acceptors (Lipinski definition) is 9. The minimum absolute atomic E-state index is 0.195. The predicted octanol–water partition coefficient (Wildman–Crippen LogP) is 2.20. The highest BCUT2D eigenvalue weighted by molar-refractivity contribution is 6.01. The van der Waals surface area contributed by atoms with Crippen molar-refractivity contribution in [1.82, 2.24) is 34.4 Å². The summed E-state index contributed by atoms with van der Waals surface area (Å²) in [6.45, 7) is 6.12. The fourth-order valence-electron chi connectivity index (χ4n) is 5.95. The molecule has 2 fully saturated rings. The third-order valence-corrected chi connectivity index (χ3v) is 8.39. The monoisotopic (exact) mass is 596 g/mol. The maximum Gasteiger partial charge on any atom is 0.257 e. The molecular weight excluding hydrogens is 560 g/mol. The van der Waals surface area contributed by atoms with E-state index >= 15 is 0 Å². The standard InChI is InChI=1S/C32H36N8O4/c1-37(18-22-6-3-2-4-7-22)29-16-26(35-31-24(17-34-40(29)31)32(42)36-27-20-44-21-28(27)41)25-19-39(30-23(25)8-5-9-33-30)11-10-38-12-14-43-15-13-38/h2-9,16-17,19,27-28,41H,10-15,18,20-21H2,1H3,(H,36,42)/t27-,28+/m0/s1. The van der Waals surface area contributed by atoms with Gasteiger partial charge in [0.15, 0.2) is 5.65 Å². The first-order valence-corrected chi connectivity index (χ1v) is 15.0. The third kappa shape index (κ3) is 5.64. The van der Waals surface area contributed by atoms with Crippen LogP contribution in [0.4, 0.5) is 5.82 Å². The number of aliphatic hydroxyl groups excluding tert-OH is 1. The lowest BCUT2D eigenvalue weighted by Crippen LogP contribution is -2.42. The number of nitrogens with zero attached hydrogens (tertiary/aromatic N) is 7. The Kier molecular flexibility index (Phi) is 7.96. The molecule has 0 spiro atoms. The number of carbonyl (C=O) groups is 1. The third-order valence-electron chi connectivity index (χ3n) is 8.39. The van der Waals surface area contributed by atoms with Crippen LogP contribution in [-0.2, 0) is 22.6 Å². The summed E-state index contributed by atoms with van der Waals surface area (Å²) in [6.07, 6.45) is 4.71. The van der Waals surface area contributed by atoms with E-state index in [1.54, 1.807) is 4.52 Å². The highest BCUT2D eigenvalue weighted by Gasteiger charge is 2.29. The molecule has 12 heteroatoms. The average Bonchev–Trinajstić information content (AvgIpc) is 3.77. The normalized spacial score (nSPS) is 19.1. The van der Waals surface area contributed by atoms with Gasteiger partial charge >= 0.3 is 0 Å². The molecule has 44 heavy (non-hydrogen) atoms. The van der Waals surface area contributed by atoms with Gasteiger partial charge in [0.1, 0.15) is 17.0 Å². The number of carbonyl (C=O) groups excluding carboxylic acids is 1. The maximum absolute atomic E-state index is 13.5. The molecule has 12 nitrogen and oxygen atoms in total. The Morgan fingerprint density at radius 2 is 1.91 bits per heavy atom. The Hall–Kier alpha value is -4.36. The van der Waals surface area contributed by atoms with Gasteiger partial charge in [-0.2, -0.15) is 9.61 Å². The van der Waals surface area contributed by atoms with Crippen LogP contribution in [0, 0.1) is 0 Å². The highest BCUT2D eigenvalue weighted by Crippen LogP contribution is 2.32. The van der Waals surface area contributed by atoms with Crippen LogP contribution in [0.15, 0.2) is 67.1 Å². The number of pyridine rings is 1. The van der Waals surface area contributed by atoms with Gasteiger partial charge in [-0.3, -0.25) is 9.69 Å².